The summed E-state index contributed by atoms with van der Waals surface area (Å²) in [6, 6.07) is 1.16. The van der Waals surface area contributed by atoms with Gasteiger partial charge in [0.1, 0.15) is 17.8 Å². The van der Waals surface area contributed by atoms with Crippen LogP contribution in [0.15, 0.2) is 21.9 Å². The number of ether oxygens (including phenoxy) is 3. The molecule has 1 aliphatic carbocycles. The van der Waals surface area contributed by atoms with Gasteiger partial charge in [-0.2, -0.15) is 0 Å². The zero-order valence-electron chi connectivity index (χ0n) is 14.0. The van der Waals surface area contributed by atoms with Gasteiger partial charge in [-0.15, -0.1) is 0 Å². The molecule has 0 aromatic carbocycles. The minimum atomic E-state index is -4.40. The van der Waals surface area contributed by atoms with Crippen LogP contribution in [0, 0.1) is 0 Å². The Kier molecular flexibility index (Phi) is 4.55. The predicted molar refractivity (Wildman–Crippen MR) is 85.4 cm³/mol. The van der Waals surface area contributed by atoms with E-state index in [1.54, 1.807) is 13.8 Å². The lowest BCUT2D eigenvalue weighted by atomic mass is 10.1. The Labute approximate surface area is 142 Å². The van der Waals surface area contributed by atoms with Gasteiger partial charge in [-0.1, -0.05) is 0 Å². The number of H-pyrrole nitrogens is 1. The summed E-state index contributed by atoms with van der Waals surface area (Å²) in [6.07, 6.45) is -1.40. The molecule has 2 aliphatic rings. The van der Waals surface area contributed by atoms with Crippen molar-refractivity contribution in [3.63, 3.8) is 0 Å². The summed E-state index contributed by atoms with van der Waals surface area (Å²) in [4.78, 5) is 44.6. The topological polar surface area (TPSA) is 140 Å². The second-order valence-electron chi connectivity index (χ2n) is 6.60. The zero-order chi connectivity index (χ0) is 18.6. The van der Waals surface area contributed by atoms with Crippen molar-refractivity contribution in [3.05, 3.63) is 33.1 Å². The van der Waals surface area contributed by atoms with Crippen LogP contribution < -0.4 is 11.2 Å². The van der Waals surface area contributed by atoms with E-state index in [4.69, 9.17) is 14.2 Å². The maximum atomic E-state index is 12.1. The molecule has 1 spiro atoms. The van der Waals surface area contributed by atoms with E-state index in [-0.39, 0.29) is 12.5 Å². The van der Waals surface area contributed by atoms with E-state index in [2.05, 4.69) is 4.98 Å². The highest BCUT2D eigenvalue weighted by atomic mass is 31.2. The number of aromatic amines is 1. The van der Waals surface area contributed by atoms with Crippen LogP contribution in [-0.4, -0.2) is 56.0 Å². The summed E-state index contributed by atoms with van der Waals surface area (Å²) < 4.78 is 30.1. The van der Waals surface area contributed by atoms with Crippen LogP contribution in [0.25, 0.3) is 0 Å². The van der Waals surface area contributed by atoms with Gasteiger partial charge in [0.15, 0.2) is 6.23 Å². The minimum absolute atomic E-state index is 0.100. The lowest BCUT2D eigenvalue weighted by molar-refractivity contribution is -0.0835. The van der Waals surface area contributed by atoms with Crippen LogP contribution in [-0.2, 0) is 18.8 Å². The highest BCUT2D eigenvalue weighted by Gasteiger charge is 2.75. The fourth-order valence-corrected chi connectivity index (χ4v) is 4.73. The molecule has 2 fully saturated rings. The molecule has 1 saturated heterocycles. The van der Waals surface area contributed by atoms with Crippen LogP contribution in [0.4, 0.5) is 0 Å². The van der Waals surface area contributed by atoms with E-state index in [1.165, 1.54) is 13.3 Å². The largest absolute Gasteiger partial charge is 0.374 e. The van der Waals surface area contributed by atoms with Gasteiger partial charge in [-0.3, -0.25) is 18.9 Å². The first-order chi connectivity index (χ1) is 11.6. The molecule has 25 heavy (non-hydrogen) atoms. The molecule has 1 aromatic heterocycles. The summed E-state index contributed by atoms with van der Waals surface area (Å²) in [5.41, 5.74) is -3.51. The Hall–Kier alpha value is -1.29. The highest BCUT2D eigenvalue weighted by Crippen LogP contribution is 2.68. The standard InChI is InChI=1S/C14H21N2O8P/c1-7(2)23-11-10(22-3)12(16-5-4-9(17)15-13(16)18)24-14(11)6-8(14)25(19,20)21/h4-5,7-8,10-12H,6H2,1-3H3,(H,15,17,18)(H2,19,20,21)/t8?,10-,11+,12-,14-/m1/s1. The van der Waals surface area contributed by atoms with Crippen LogP contribution in [0.5, 0.6) is 0 Å². The first kappa shape index (κ1) is 18.5. The fourth-order valence-electron chi connectivity index (χ4n) is 3.43. The summed E-state index contributed by atoms with van der Waals surface area (Å²) in [5, 5.41) is 0. The number of hydrogen-bond acceptors (Lipinski definition) is 6. The molecule has 3 N–H and O–H groups in total. The maximum absolute atomic E-state index is 12.1. The number of rotatable bonds is 5. The van der Waals surface area contributed by atoms with E-state index in [1.807, 2.05) is 0 Å². The van der Waals surface area contributed by atoms with Crippen molar-refractivity contribution in [1.82, 2.24) is 9.55 Å². The van der Waals surface area contributed by atoms with Crippen molar-refractivity contribution in [3.8, 4) is 0 Å². The van der Waals surface area contributed by atoms with Crippen LogP contribution >= 0.6 is 7.60 Å². The highest BCUT2D eigenvalue weighted by molar-refractivity contribution is 7.53. The Balaban J connectivity index is 2.03. The van der Waals surface area contributed by atoms with Crippen molar-refractivity contribution in [2.75, 3.05) is 7.11 Å². The van der Waals surface area contributed by atoms with Gasteiger partial charge in [0, 0.05) is 19.4 Å². The molecule has 140 valence electrons. The molecule has 10 nitrogen and oxygen atoms in total. The first-order valence-corrected chi connectivity index (χ1v) is 9.51. The number of methoxy groups -OCH3 is 1. The average molecular weight is 376 g/mol. The molecule has 1 unspecified atom stereocenters. The maximum Gasteiger partial charge on any atom is 0.331 e. The number of aromatic nitrogens is 2. The van der Waals surface area contributed by atoms with Crippen molar-refractivity contribution in [2.45, 2.75) is 56.1 Å². The SMILES string of the molecule is CO[C@H]1[C@H](n2ccc(=O)[nH]c2=O)O[C@@]2(CC2P(=O)(O)O)[C@H]1OC(C)C. The molecule has 5 atom stereocenters. The normalized spacial score (nSPS) is 34.8. The Morgan fingerprint density at radius 1 is 1.44 bits per heavy atom. The van der Waals surface area contributed by atoms with Crippen LogP contribution in [0.3, 0.4) is 0 Å². The van der Waals surface area contributed by atoms with Gasteiger partial charge in [-0.05, 0) is 20.3 Å². The molecule has 0 radical (unpaired) electrons. The van der Waals surface area contributed by atoms with Crippen molar-refractivity contribution >= 4 is 7.60 Å². The predicted octanol–water partition coefficient (Wildman–Crippen LogP) is -0.437. The van der Waals surface area contributed by atoms with Gasteiger partial charge in [-0.25, -0.2) is 4.79 Å². The molecule has 1 aliphatic heterocycles. The number of hydrogen-bond donors (Lipinski definition) is 3. The molecule has 3 rings (SSSR count). The first-order valence-electron chi connectivity index (χ1n) is 7.83. The Morgan fingerprint density at radius 2 is 2.12 bits per heavy atom. The van der Waals surface area contributed by atoms with E-state index in [0.717, 1.165) is 10.6 Å². The third kappa shape index (κ3) is 3.14. The van der Waals surface area contributed by atoms with E-state index < -0.39 is 48.5 Å². The molecule has 11 heteroatoms. The van der Waals surface area contributed by atoms with E-state index in [9.17, 15) is 23.9 Å². The molecule has 1 saturated carbocycles. The Bertz CT molecular complexity index is 814. The number of nitrogens with zero attached hydrogens (tertiary/aromatic N) is 1. The second kappa shape index (κ2) is 6.15. The summed E-state index contributed by atoms with van der Waals surface area (Å²) in [6.45, 7) is 3.57. The molecule has 1 aromatic rings. The van der Waals surface area contributed by atoms with Crippen LogP contribution in [0.2, 0.25) is 0 Å². The van der Waals surface area contributed by atoms with Gasteiger partial charge in [0.2, 0.25) is 0 Å². The third-order valence-corrected chi connectivity index (χ3v) is 5.97. The van der Waals surface area contributed by atoms with E-state index in [0.29, 0.717) is 0 Å². The second-order valence-corrected chi connectivity index (χ2v) is 8.40. The quantitative estimate of drug-likeness (QED) is 0.588. The van der Waals surface area contributed by atoms with Crippen molar-refractivity contribution < 1.29 is 28.6 Å². The van der Waals surface area contributed by atoms with Gasteiger partial charge in [0.25, 0.3) is 5.56 Å². The van der Waals surface area contributed by atoms with Crippen molar-refractivity contribution in [1.29, 1.82) is 0 Å². The van der Waals surface area contributed by atoms with Crippen molar-refractivity contribution in [2.24, 2.45) is 0 Å². The van der Waals surface area contributed by atoms with Gasteiger partial charge >= 0.3 is 13.3 Å². The summed E-state index contributed by atoms with van der Waals surface area (Å²) in [5.74, 6) is 0. The van der Waals surface area contributed by atoms with Crippen LogP contribution in [0.1, 0.15) is 26.5 Å². The van der Waals surface area contributed by atoms with Gasteiger partial charge < -0.3 is 24.0 Å². The molecule has 0 bridgehead atoms. The molecule has 2 heterocycles. The minimum Gasteiger partial charge on any atom is -0.374 e. The average Bonchev–Trinajstić information content (AvgIpc) is 3.14. The monoisotopic (exact) mass is 376 g/mol. The zero-order valence-corrected chi connectivity index (χ0v) is 14.9. The fraction of sp³-hybridized carbons (Fsp3) is 0.714. The number of nitrogens with one attached hydrogen (secondary N) is 1. The third-order valence-electron chi connectivity index (χ3n) is 4.54. The lowest BCUT2D eigenvalue weighted by Crippen LogP contribution is -2.42. The Morgan fingerprint density at radius 3 is 2.60 bits per heavy atom. The molecule has 0 amide bonds. The summed E-state index contributed by atoms with van der Waals surface area (Å²) >= 11 is 0. The summed E-state index contributed by atoms with van der Waals surface area (Å²) in [7, 11) is -3.00. The van der Waals surface area contributed by atoms with E-state index >= 15 is 0 Å². The smallest absolute Gasteiger partial charge is 0.331 e. The van der Waals surface area contributed by atoms with Gasteiger partial charge in [0.05, 0.1) is 11.8 Å². The molecular weight excluding hydrogens is 355 g/mol. The molecular formula is C14H21N2O8P. The lowest BCUT2D eigenvalue weighted by Gasteiger charge is -2.26.